The van der Waals surface area contributed by atoms with Crippen molar-refractivity contribution in [1.29, 1.82) is 0 Å². The van der Waals surface area contributed by atoms with Gasteiger partial charge in [0, 0.05) is 58.7 Å². The van der Waals surface area contributed by atoms with E-state index in [9.17, 15) is 0 Å². The highest BCUT2D eigenvalue weighted by Gasteiger charge is 2.11. The number of methoxy groups -OCH3 is 1. The summed E-state index contributed by atoms with van der Waals surface area (Å²) in [6, 6.07) is 14.3. The van der Waals surface area contributed by atoms with Crippen LogP contribution in [0.25, 0.3) is 21.8 Å². The first-order valence-corrected chi connectivity index (χ1v) is 11.7. The number of hydrogen-bond donors (Lipinski definition) is 4. The number of aromatic nitrogens is 4. The van der Waals surface area contributed by atoms with Gasteiger partial charge >= 0.3 is 0 Å². The smallest absolute Gasteiger partial charge is 0.224 e. The van der Waals surface area contributed by atoms with Gasteiger partial charge < -0.3 is 30.2 Å². The van der Waals surface area contributed by atoms with Crippen LogP contribution in [-0.2, 0) is 13.0 Å². The lowest BCUT2D eigenvalue weighted by atomic mass is 10.1. The zero-order chi connectivity index (χ0) is 24.4. The fourth-order valence-electron chi connectivity index (χ4n) is 4.44. The minimum absolute atomic E-state index is 0.597. The van der Waals surface area contributed by atoms with Crippen LogP contribution in [-0.4, -0.2) is 52.6 Å². The maximum absolute atomic E-state index is 5.37. The van der Waals surface area contributed by atoms with E-state index in [1.807, 2.05) is 24.4 Å². The van der Waals surface area contributed by atoms with E-state index in [-0.39, 0.29) is 0 Å². The number of nitrogens with zero attached hydrogens (tertiary/aromatic N) is 3. The van der Waals surface area contributed by atoms with E-state index in [1.165, 1.54) is 27.6 Å². The fraction of sp³-hybridized carbons (Fsp3) is 0.259. The van der Waals surface area contributed by atoms with Gasteiger partial charge in [0.05, 0.1) is 7.11 Å². The number of H-pyrrole nitrogens is 2. The lowest BCUT2D eigenvalue weighted by molar-refractivity contribution is 0.403. The quantitative estimate of drug-likeness (QED) is 0.237. The summed E-state index contributed by atoms with van der Waals surface area (Å²) in [4.78, 5) is 18.0. The van der Waals surface area contributed by atoms with Crippen molar-refractivity contribution in [2.24, 2.45) is 0 Å². The molecule has 8 nitrogen and oxygen atoms in total. The lowest BCUT2D eigenvalue weighted by Crippen LogP contribution is -2.11. The Balaban J connectivity index is 1.27. The Morgan fingerprint density at radius 1 is 1.03 bits per heavy atom. The third-order valence-electron chi connectivity index (χ3n) is 6.17. The monoisotopic (exact) mass is 469 g/mol. The van der Waals surface area contributed by atoms with Crippen molar-refractivity contribution in [3.63, 3.8) is 0 Å². The Morgan fingerprint density at radius 2 is 1.89 bits per heavy atom. The number of hydrogen-bond acceptors (Lipinski definition) is 6. The average molecular weight is 470 g/mol. The molecule has 180 valence electrons. The van der Waals surface area contributed by atoms with Crippen molar-refractivity contribution in [2.45, 2.75) is 19.9 Å². The minimum Gasteiger partial charge on any atom is -0.497 e. The number of nitrogens with one attached hydrogen (secondary N) is 4. The number of aromatic amines is 2. The SMILES string of the molecule is COc1ccc2[nH]cc(CCNc3nccc(Nc4ccc5[nH]c(C)c(CN(C)C)c5c4)n3)c2c1. The van der Waals surface area contributed by atoms with Gasteiger partial charge in [-0.05, 0) is 81.0 Å². The molecule has 2 aromatic carbocycles. The first kappa shape index (κ1) is 22.7. The van der Waals surface area contributed by atoms with Gasteiger partial charge in [0.2, 0.25) is 5.95 Å². The number of anilines is 3. The van der Waals surface area contributed by atoms with Crippen LogP contribution in [0, 0.1) is 6.92 Å². The normalized spacial score (nSPS) is 11.5. The van der Waals surface area contributed by atoms with E-state index in [1.54, 1.807) is 13.3 Å². The molecule has 0 aliphatic heterocycles. The molecule has 0 saturated heterocycles. The second-order valence-corrected chi connectivity index (χ2v) is 9.02. The summed E-state index contributed by atoms with van der Waals surface area (Å²) in [5.74, 6) is 2.20. The molecule has 0 radical (unpaired) electrons. The predicted octanol–water partition coefficient (Wildman–Crippen LogP) is 5.22. The Hall–Kier alpha value is -4.04. The average Bonchev–Trinajstić information content (AvgIpc) is 3.39. The maximum Gasteiger partial charge on any atom is 0.224 e. The van der Waals surface area contributed by atoms with Crippen molar-refractivity contribution >= 4 is 39.3 Å². The van der Waals surface area contributed by atoms with Gasteiger partial charge in [0.25, 0.3) is 0 Å². The van der Waals surface area contributed by atoms with Crippen molar-refractivity contribution in [3.8, 4) is 5.75 Å². The summed E-state index contributed by atoms with van der Waals surface area (Å²) >= 11 is 0. The van der Waals surface area contributed by atoms with Gasteiger partial charge in [0.1, 0.15) is 11.6 Å². The number of benzene rings is 2. The van der Waals surface area contributed by atoms with Gasteiger partial charge in [-0.2, -0.15) is 4.98 Å². The van der Waals surface area contributed by atoms with Crippen LogP contribution in [0.1, 0.15) is 16.8 Å². The number of ether oxygens (including phenoxy) is 1. The molecular weight excluding hydrogens is 438 g/mol. The molecule has 0 atom stereocenters. The molecule has 4 N–H and O–H groups in total. The topological polar surface area (TPSA) is 93.9 Å². The third-order valence-corrected chi connectivity index (χ3v) is 6.17. The zero-order valence-corrected chi connectivity index (χ0v) is 20.6. The van der Waals surface area contributed by atoms with Crippen LogP contribution in [0.4, 0.5) is 17.5 Å². The summed E-state index contributed by atoms with van der Waals surface area (Å²) in [6.07, 6.45) is 4.66. The van der Waals surface area contributed by atoms with E-state index in [0.29, 0.717) is 5.95 Å². The summed E-state index contributed by atoms with van der Waals surface area (Å²) in [5.41, 5.74) is 6.98. The van der Waals surface area contributed by atoms with Gasteiger partial charge in [-0.3, -0.25) is 0 Å². The van der Waals surface area contributed by atoms with Crippen LogP contribution in [0.3, 0.4) is 0 Å². The highest BCUT2D eigenvalue weighted by molar-refractivity contribution is 5.88. The van der Waals surface area contributed by atoms with E-state index in [4.69, 9.17) is 4.74 Å². The molecule has 0 aliphatic carbocycles. The zero-order valence-electron chi connectivity index (χ0n) is 20.6. The minimum atomic E-state index is 0.597. The second-order valence-electron chi connectivity index (χ2n) is 9.02. The fourth-order valence-corrected chi connectivity index (χ4v) is 4.44. The molecule has 35 heavy (non-hydrogen) atoms. The molecule has 0 unspecified atom stereocenters. The molecule has 5 aromatic rings. The van der Waals surface area contributed by atoms with Crippen molar-refractivity contribution in [1.82, 2.24) is 24.8 Å². The first-order valence-electron chi connectivity index (χ1n) is 11.7. The van der Waals surface area contributed by atoms with E-state index in [2.05, 4.69) is 80.8 Å². The molecule has 5 rings (SSSR count). The molecule has 3 heterocycles. The third kappa shape index (κ3) is 4.93. The number of aryl methyl sites for hydroxylation is 1. The Bertz CT molecular complexity index is 1470. The highest BCUT2D eigenvalue weighted by Crippen LogP contribution is 2.28. The largest absolute Gasteiger partial charge is 0.497 e. The Kier molecular flexibility index (Phi) is 6.29. The molecule has 0 spiro atoms. The molecular formula is C27H31N7O. The van der Waals surface area contributed by atoms with Crippen LogP contribution >= 0.6 is 0 Å². The lowest BCUT2D eigenvalue weighted by Gasteiger charge is -2.11. The molecule has 0 fully saturated rings. The van der Waals surface area contributed by atoms with Crippen LogP contribution < -0.4 is 15.4 Å². The Morgan fingerprint density at radius 3 is 2.71 bits per heavy atom. The molecule has 0 saturated carbocycles. The molecule has 0 amide bonds. The van der Waals surface area contributed by atoms with Gasteiger partial charge in [-0.1, -0.05) is 0 Å². The van der Waals surface area contributed by atoms with Crippen molar-refractivity contribution in [2.75, 3.05) is 38.4 Å². The maximum atomic E-state index is 5.37. The van der Waals surface area contributed by atoms with Gasteiger partial charge in [-0.15, -0.1) is 0 Å². The highest BCUT2D eigenvalue weighted by atomic mass is 16.5. The predicted molar refractivity (Wildman–Crippen MR) is 143 cm³/mol. The van der Waals surface area contributed by atoms with Crippen LogP contribution in [0.2, 0.25) is 0 Å². The summed E-state index contributed by atoms with van der Waals surface area (Å²) in [7, 11) is 5.86. The molecule has 0 bridgehead atoms. The van der Waals surface area contributed by atoms with Gasteiger partial charge in [-0.25, -0.2) is 4.98 Å². The molecule has 3 aromatic heterocycles. The van der Waals surface area contributed by atoms with Crippen LogP contribution in [0.5, 0.6) is 5.75 Å². The summed E-state index contributed by atoms with van der Waals surface area (Å²) in [5, 5.41) is 9.18. The Labute approximate surface area is 204 Å². The van der Waals surface area contributed by atoms with Gasteiger partial charge in [0.15, 0.2) is 0 Å². The van der Waals surface area contributed by atoms with Crippen molar-refractivity contribution in [3.05, 3.63) is 71.7 Å². The molecule has 8 heteroatoms. The van der Waals surface area contributed by atoms with E-state index < -0.39 is 0 Å². The van der Waals surface area contributed by atoms with E-state index >= 15 is 0 Å². The second kappa shape index (κ2) is 9.68. The van der Waals surface area contributed by atoms with E-state index in [0.717, 1.165) is 47.8 Å². The van der Waals surface area contributed by atoms with Crippen molar-refractivity contribution < 1.29 is 4.74 Å². The summed E-state index contributed by atoms with van der Waals surface area (Å²) < 4.78 is 5.37. The standard InChI is InChI=1S/C27H31N7O/c1-17-23(16-34(2)3)22-13-19(5-7-25(22)31-17)32-26-10-12-29-27(33-26)28-11-9-18-15-30-24-8-6-20(35-4)14-21(18)24/h5-8,10,12-15,30-31H,9,11,16H2,1-4H3,(H2,28,29,32,33). The summed E-state index contributed by atoms with van der Waals surface area (Å²) in [6.45, 7) is 3.73. The van der Waals surface area contributed by atoms with Crippen LogP contribution in [0.15, 0.2) is 54.9 Å². The molecule has 0 aliphatic rings. The first-order chi connectivity index (χ1) is 17.0. The number of rotatable bonds is 9. The number of fused-ring (bicyclic) bond motifs is 2.